The summed E-state index contributed by atoms with van der Waals surface area (Å²) in [5, 5.41) is 4.56. The quantitative estimate of drug-likeness (QED) is 0.468. The van der Waals surface area contributed by atoms with Crippen molar-refractivity contribution in [3.05, 3.63) is 106 Å². The van der Waals surface area contributed by atoms with Gasteiger partial charge in [-0.3, -0.25) is 4.79 Å². The van der Waals surface area contributed by atoms with E-state index in [1.807, 2.05) is 36.4 Å². The van der Waals surface area contributed by atoms with Gasteiger partial charge in [0.15, 0.2) is 0 Å². The number of carbonyl (C=O) groups is 1. The van der Waals surface area contributed by atoms with Crippen molar-refractivity contribution in [1.82, 2.24) is 10.2 Å². The maximum atomic E-state index is 13.5. The van der Waals surface area contributed by atoms with E-state index < -0.39 is 0 Å². The maximum Gasteiger partial charge on any atom is 0.254 e. The number of amides is 1. The highest BCUT2D eigenvalue weighted by atomic mass is 35.5. The van der Waals surface area contributed by atoms with Crippen molar-refractivity contribution in [2.24, 2.45) is 0 Å². The van der Waals surface area contributed by atoms with Gasteiger partial charge in [-0.05, 0) is 75.4 Å². The first kappa shape index (κ1) is 23.5. The number of likely N-dealkylation sites (tertiary alicyclic amines) is 1. The molecular formula is C29H33ClN2O. The first-order chi connectivity index (χ1) is 16.0. The van der Waals surface area contributed by atoms with Crippen LogP contribution in [0.4, 0.5) is 0 Å². The van der Waals surface area contributed by atoms with Crippen LogP contribution in [0.1, 0.15) is 45.5 Å². The van der Waals surface area contributed by atoms with Crippen molar-refractivity contribution < 1.29 is 4.79 Å². The number of aryl methyl sites for hydroxylation is 2. The molecule has 2 atom stereocenters. The van der Waals surface area contributed by atoms with Crippen molar-refractivity contribution in [2.75, 3.05) is 13.1 Å². The fourth-order valence-electron chi connectivity index (χ4n) is 4.96. The van der Waals surface area contributed by atoms with E-state index in [0.717, 1.165) is 60.5 Å². The summed E-state index contributed by atoms with van der Waals surface area (Å²) in [4.78, 5) is 15.6. The first-order valence-electron chi connectivity index (χ1n) is 11.9. The van der Waals surface area contributed by atoms with Gasteiger partial charge in [0.2, 0.25) is 0 Å². The normalized spacial score (nSPS) is 18.3. The largest absolute Gasteiger partial charge is 0.335 e. The molecule has 172 valence electrons. The lowest BCUT2D eigenvalue weighted by Gasteiger charge is -2.40. The summed E-state index contributed by atoms with van der Waals surface area (Å²) in [5.74, 6) is 0.150. The number of nitrogens with one attached hydrogen (secondary N) is 1. The minimum absolute atomic E-state index is 0.150. The van der Waals surface area contributed by atoms with Crippen LogP contribution < -0.4 is 5.32 Å². The Labute approximate surface area is 202 Å². The maximum absolute atomic E-state index is 13.5. The molecule has 0 aliphatic carbocycles. The van der Waals surface area contributed by atoms with Crippen molar-refractivity contribution in [1.29, 1.82) is 0 Å². The van der Waals surface area contributed by atoms with Gasteiger partial charge >= 0.3 is 0 Å². The topological polar surface area (TPSA) is 32.3 Å². The molecule has 0 radical (unpaired) electrons. The molecule has 1 aliphatic heterocycles. The average Bonchev–Trinajstić information content (AvgIpc) is 2.80. The summed E-state index contributed by atoms with van der Waals surface area (Å²) in [6.07, 6.45) is 3.70. The predicted molar refractivity (Wildman–Crippen MR) is 137 cm³/mol. The summed E-state index contributed by atoms with van der Waals surface area (Å²) in [6.45, 7) is 5.77. The van der Waals surface area contributed by atoms with Crippen LogP contribution in [0.25, 0.3) is 0 Å². The molecule has 0 bridgehead atoms. The van der Waals surface area contributed by atoms with Crippen molar-refractivity contribution in [3.8, 4) is 0 Å². The average molecular weight is 461 g/mol. The number of piperidine rings is 1. The Balaban J connectivity index is 1.45. The Morgan fingerprint density at radius 2 is 1.70 bits per heavy atom. The molecular weight excluding hydrogens is 428 g/mol. The molecule has 0 spiro atoms. The monoisotopic (exact) mass is 460 g/mol. The van der Waals surface area contributed by atoms with Crippen LogP contribution in [0.15, 0.2) is 72.8 Å². The zero-order chi connectivity index (χ0) is 23.2. The second kappa shape index (κ2) is 11.0. The number of hydrogen-bond donors (Lipinski definition) is 1. The molecule has 0 saturated carbocycles. The highest BCUT2D eigenvalue weighted by molar-refractivity contribution is 6.31. The van der Waals surface area contributed by atoms with Gasteiger partial charge in [0.25, 0.3) is 5.91 Å². The Morgan fingerprint density at radius 1 is 1.00 bits per heavy atom. The lowest BCUT2D eigenvalue weighted by molar-refractivity contribution is 0.0577. The van der Waals surface area contributed by atoms with E-state index in [0.29, 0.717) is 6.04 Å². The minimum Gasteiger partial charge on any atom is -0.335 e. The van der Waals surface area contributed by atoms with Crippen LogP contribution in [0.3, 0.4) is 0 Å². The van der Waals surface area contributed by atoms with Crippen molar-refractivity contribution >= 4 is 17.5 Å². The van der Waals surface area contributed by atoms with Gasteiger partial charge in [0.05, 0.1) is 0 Å². The third kappa shape index (κ3) is 6.25. The molecule has 3 aromatic carbocycles. The number of hydrogen-bond acceptors (Lipinski definition) is 2. The lowest BCUT2D eigenvalue weighted by atomic mass is 9.91. The number of carbonyl (C=O) groups excluding carboxylic acids is 1. The molecule has 33 heavy (non-hydrogen) atoms. The van der Waals surface area contributed by atoms with Gasteiger partial charge in [-0.25, -0.2) is 0 Å². The fraction of sp³-hybridized carbons (Fsp3) is 0.345. The zero-order valence-corrected chi connectivity index (χ0v) is 20.3. The number of nitrogens with zero attached hydrogens (tertiary/aromatic N) is 1. The number of halogens is 1. The van der Waals surface area contributed by atoms with E-state index >= 15 is 0 Å². The first-order valence-corrected chi connectivity index (χ1v) is 12.3. The Morgan fingerprint density at radius 3 is 2.42 bits per heavy atom. The Kier molecular flexibility index (Phi) is 7.85. The molecule has 1 N–H and O–H groups in total. The third-order valence-corrected chi connectivity index (χ3v) is 6.91. The number of rotatable bonds is 7. The molecule has 0 aromatic heterocycles. The summed E-state index contributed by atoms with van der Waals surface area (Å²) in [6, 6.07) is 25.3. The van der Waals surface area contributed by atoms with E-state index in [9.17, 15) is 4.79 Å². The SMILES string of the molecule is Cc1cc(C)cc(C(=O)N2CC[C@H](NCCc3ccccc3Cl)C[C@H]2Cc2ccccc2)c1. The summed E-state index contributed by atoms with van der Waals surface area (Å²) < 4.78 is 0. The molecule has 1 heterocycles. The molecule has 1 amide bonds. The molecule has 1 aliphatic rings. The second-order valence-corrected chi connectivity index (χ2v) is 9.64. The third-order valence-electron chi connectivity index (χ3n) is 6.54. The van der Waals surface area contributed by atoms with Gasteiger partial charge in [-0.15, -0.1) is 0 Å². The summed E-state index contributed by atoms with van der Waals surface area (Å²) in [5.41, 5.74) is 5.52. The van der Waals surface area contributed by atoms with E-state index in [4.69, 9.17) is 11.6 Å². The fourth-order valence-corrected chi connectivity index (χ4v) is 5.19. The molecule has 4 heteroatoms. The van der Waals surface area contributed by atoms with Gasteiger partial charge in [0, 0.05) is 29.2 Å². The highest BCUT2D eigenvalue weighted by Gasteiger charge is 2.32. The lowest BCUT2D eigenvalue weighted by Crippen LogP contribution is -2.52. The molecule has 3 aromatic rings. The van der Waals surface area contributed by atoms with Gasteiger partial charge in [-0.2, -0.15) is 0 Å². The van der Waals surface area contributed by atoms with Crippen molar-refractivity contribution in [2.45, 2.75) is 51.6 Å². The molecule has 3 nitrogen and oxygen atoms in total. The minimum atomic E-state index is 0.150. The van der Waals surface area contributed by atoms with Crippen molar-refractivity contribution in [3.63, 3.8) is 0 Å². The number of benzene rings is 3. The van der Waals surface area contributed by atoms with Gasteiger partial charge in [-0.1, -0.05) is 77.3 Å². The van der Waals surface area contributed by atoms with Crippen LogP contribution >= 0.6 is 11.6 Å². The van der Waals surface area contributed by atoms with Crippen LogP contribution in [0.5, 0.6) is 0 Å². The van der Waals surface area contributed by atoms with Crippen LogP contribution in [0, 0.1) is 13.8 Å². The summed E-state index contributed by atoms with van der Waals surface area (Å²) in [7, 11) is 0. The molecule has 1 fully saturated rings. The van der Waals surface area contributed by atoms with Gasteiger partial charge in [0.1, 0.15) is 0 Å². The van der Waals surface area contributed by atoms with E-state index in [-0.39, 0.29) is 11.9 Å². The van der Waals surface area contributed by atoms with E-state index in [1.54, 1.807) is 0 Å². The van der Waals surface area contributed by atoms with Crippen LogP contribution in [-0.2, 0) is 12.8 Å². The highest BCUT2D eigenvalue weighted by Crippen LogP contribution is 2.25. The van der Waals surface area contributed by atoms with Gasteiger partial charge < -0.3 is 10.2 Å². The summed E-state index contributed by atoms with van der Waals surface area (Å²) >= 11 is 6.32. The zero-order valence-electron chi connectivity index (χ0n) is 19.6. The molecule has 4 rings (SSSR count). The predicted octanol–water partition coefficient (Wildman–Crippen LogP) is 6.01. The Bertz CT molecular complexity index is 1060. The standard InChI is InChI=1S/C29H33ClN2O/c1-21-16-22(2)18-25(17-21)29(33)32-15-13-26(20-27(32)19-23-8-4-3-5-9-23)31-14-12-24-10-6-7-11-28(24)30/h3-11,16-18,26-27,31H,12-15,19-20H2,1-2H3/t26-,27+/m0/s1. The molecule has 1 saturated heterocycles. The van der Waals surface area contributed by atoms with Crippen LogP contribution in [-0.4, -0.2) is 36.0 Å². The smallest absolute Gasteiger partial charge is 0.254 e. The Hall–Kier alpha value is -2.62. The van der Waals surface area contributed by atoms with Crippen LogP contribution in [0.2, 0.25) is 5.02 Å². The van der Waals surface area contributed by atoms with E-state index in [2.05, 4.69) is 60.5 Å². The second-order valence-electron chi connectivity index (χ2n) is 9.24. The molecule has 0 unspecified atom stereocenters. The van der Waals surface area contributed by atoms with E-state index in [1.165, 1.54) is 11.1 Å².